The molecule has 1 fully saturated rings. The van der Waals surface area contributed by atoms with Gasteiger partial charge in [-0.2, -0.15) is 11.8 Å². The number of ether oxygens (including phenoxy) is 2. The SMILES string of the molecule is COc1ccc(CN2c3ccccc3[C@@]34C=C(C=O)[C@@H](SC)C[C@@]23N(C(=O)OC(C)(C)C)CC4)cc1. The van der Waals surface area contributed by atoms with Crippen LogP contribution < -0.4 is 9.64 Å². The first kappa shape index (κ1) is 24.8. The van der Waals surface area contributed by atoms with Crippen LogP contribution in [0, 0.1) is 0 Å². The van der Waals surface area contributed by atoms with Gasteiger partial charge in [-0.15, -0.1) is 0 Å². The zero-order chi connectivity index (χ0) is 25.7. The highest BCUT2D eigenvalue weighted by Crippen LogP contribution is 2.64. The van der Waals surface area contributed by atoms with Gasteiger partial charge in [0.1, 0.15) is 23.3 Å². The number of likely N-dealkylation sites (tertiary alicyclic amines) is 1. The fraction of sp³-hybridized carbons (Fsp3) is 0.448. The highest BCUT2D eigenvalue weighted by molar-refractivity contribution is 7.99. The quantitative estimate of drug-likeness (QED) is 0.496. The van der Waals surface area contributed by atoms with Crippen molar-refractivity contribution >= 4 is 29.8 Å². The van der Waals surface area contributed by atoms with Crippen molar-refractivity contribution < 1.29 is 19.1 Å². The number of nitrogens with zero attached hydrogens (tertiary/aromatic N) is 2. The van der Waals surface area contributed by atoms with Gasteiger partial charge in [0.05, 0.1) is 12.5 Å². The van der Waals surface area contributed by atoms with E-state index in [1.165, 1.54) is 5.56 Å². The summed E-state index contributed by atoms with van der Waals surface area (Å²) < 4.78 is 11.3. The molecule has 0 saturated carbocycles. The van der Waals surface area contributed by atoms with E-state index in [9.17, 15) is 9.59 Å². The summed E-state index contributed by atoms with van der Waals surface area (Å²) in [5, 5.41) is -0.0219. The third kappa shape index (κ3) is 3.62. The molecule has 0 unspecified atom stereocenters. The highest BCUT2D eigenvalue weighted by Gasteiger charge is 2.70. The molecule has 0 spiro atoms. The molecular formula is C29H34N2O4S. The lowest BCUT2D eigenvalue weighted by molar-refractivity contribution is -0.105. The Labute approximate surface area is 217 Å². The van der Waals surface area contributed by atoms with Crippen LogP contribution in [0.15, 0.2) is 60.2 Å². The number of anilines is 1. The standard InChI is InChI=1S/C29H34N2O4S/c1-27(2,3)35-26(33)30-15-14-28-16-21(19-32)25(36-5)17-29(28,30)31(24-9-7-6-8-23(24)28)18-20-10-12-22(34-4)13-11-20/h6-13,16,19,25H,14-15,17-18H2,1-5H3/t25-,28+,29+/m0/s1. The number of carbonyl (C=O) groups excluding carboxylic acids is 2. The van der Waals surface area contributed by atoms with Crippen LogP contribution in [0.5, 0.6) is 5.75 Å². The van der Waals surface area contributed by atoms with Gasteiger partial charge < -0.3 is 14.4 Å². The van der Waals surface area contributed by atoms with E-state index >= 15 is 0 Å². The Morgan fingerprint density at radius 1 is 1.17 bits per heavy atom. The average molecular weight is 507 g/mol. The average Bonchev–Trinajstić information content (AvgIpc) is 3.31. The Bertz CT molecular complexity index is 1200. The maximum absolute atomic E-state index is 13.8. The predicted octanol–water partition coefficient (Wildman–Crippen LogP) is 5.55. The summed E-state index contributed by atoms with van der Waals surface area (Å²) in [6, 6.07) is 16.5. The van der Waals surface area contributed by atoms with Crippen molar-refractivity contribution in [2.45, 2.75) is 62.1 Å². The number of para-hydroxylation sites is 1. The lowest BCUT2D eigenvalue weighted by Gasteiger charge is -2.53. The molecule has 1 amide bonds. The van der Waals surface area contributed by atoms with E-state index in [1.54, 1.807) is 18.9 Å². The number of thioether (sulfide) groups is 1. The zero-order valence-electron chi connectivity index (χ0n) is 21.6. The van der Waals surface area contributed by atoms with Crippen molar-refractivity contribution in [3.05, 3.63) is 71.3 Å². The Morgan fingerprint density at radius 2 is 1.89 bits per heavy atom. The number of amides is 1. The van der Waals surface area contributed by atoms with Crippen molar-refractivity contribution in [2.75, 3.05) is 24.8 Å². The number of aldehydes is 1. The van der Waals surface area contributed by atoms with Crippen LogP contribution in [0.25, 0.3) is 0 Å². The molecule has 2 heterocycles. The van der Waals surface area contributed by atoms with E-state index in [4.69, 9.17) is 9.47 Å². The van der Waals surface area contributed by atoms with E-state index in [1.807, 2.05) is 44.1 Å². The predicted molar refractivity (Wildman–Crippen MR) is 144 cm³/mol. The smallest absolute Gasteiger partial charge is 0.412 e. The van der Waals surface area contributed by atoms with E-state index in [2.05, 4.69) is 47.4 Å². The first-order valence-electron chi connectivity index (χ1n) is 12.4. The van der Waals surface area contributed by atoms with Crippen LogP contribution in [0.3, 0.4) is 0 Å². The Kier molecular flexibility index (Phi) is 6.10. The van der Waals surface area contributed by atoms with Gasteiger partial charge in [0.2, 0.25) is 0 Å². The fourth-order valence-corrected chi connectivity index (χ4v) is 7.17. The molecule has 3 atom stereocenters. The molecule has 0 aromatic heterocycles. The molecule has 0 N–H and O–H groups in total. The van der Waals surface area contributed by atoms with Gasteiger partial charge >= 0.3 is 6.09 Å². The van der Waals surface area contributed by atoms with Crippen LogP contribution in [-0.4, -0.2) is 53.7 Å². The zero-order valence-corrected chi connectivity index (χ0v) is 22.4. The molecule has 0 bridgehead atoms. The van der Waals surface area contributed by atoms with Crippen molar-refractivity contribution in [2.24, 2.45) is 0 Å². The van der Waals surface area contributed by atoms with Crippen molar-refractivity contribution in [1.82, 2.24) is 4.90 Å². The molecule has 0 radical (unpaired) electrons. The van der Waals surface area contributed by atoms with E-state index in [0.717, 1.165) is 35.3 Å². The molecule has 2 aliphatic heterocycles. The summed E-state index contributed by atoms with van der Waals surface area (Å²) in [6.45, 7) is 6.89. The summed E-state index contributed by atoms with van der Waals surface area (Å²) in [6.07, 6.45) is 6.28. The van der Waals surface area contributed by atoms with Crippen molar-refractivity contribution in [3.8, 4) is 5.75 Å². The maximum Gasteiger partial charge on any atom is 0.412 e. The largest absolute Gasteiger partial charge is 0.497 e. The van der Waals surface area contributed by atoms with Gasteiger partial charge in [-0.25, -0.2) is 4.79 Å². The second kappa shape index (κ2) is 8.87. The monoisotopic (exact) mass is 506 g/mol. The number of methoxy groups -OCH3 is 1. The van der Waals surface area contributed by atoms with Crippen LogP contribution in [0.1, 0.15) is 44.7 Å². The van der Waals surface area contributed by atoms with E-state index in [-0.39, 0.29) is 11.3 Å². The highest BCUT2D eigenvalue weighted by atomic mass is 32.2. The molecule has 5 rings (SSSR count). The minimum atomic E-state index is -0.681. The van der Waals surface area contributed by atoms with Gasteiger partial charge in [0.25, 0.3) is 0 Å². The fourth-order valence-electron chi connectivity index (χ4n) is 6.38. The number of fused-ring (bicyclic) bond motifs is 1. The summed E-state index contributed by atoms with van der Waals surface area (Å²) in [5.74, 6) is 0.808. The molecule has 2 aromatic carbocycles. The van der Waals surface area contributed by atoms with E-state index in [0.29, 0.717) is 19.5 Å². The number of hydrogen-bond acceptors (Lipinski definition) is 6. The number of carbonyl (C=O) groups is 2. The number of hydrogen-bond donors (Lipinski definition) is 0. The summed E-state index contributed by atoms with van der Waals surface area (Å²) in [4.78, 5) is 30.4. The Balaban J connectivity index is 1.71. The second-order valence-corrected chi connectivity index (χ2v) is 11.9. The summed E-state index contributed by atoms with van der Waals surface area (Å²) in [5.41, 5.74) is 2.42. The van der Waals surface area contributed by atoms with Crippen LogP contribution in [0.2, 0.25) is 0 Å². The topological polar surface area (TPSA) is 59.1 Å². The molecular weight excluding hydrogens is 472 g/mol. The molecule has 190 valence electrons. The van der Waals surface area contributed by atoms with Crippen molar-refractivity contribution in [1.29, 1.82) is 0 Å². The lowest BCUT2D eigenvalue weighted by atomic mass is 9.66. The third-order valence-electron chi connectivity index (χ3n) is 7.80. The first-order chi connectivity index (χ1) is 17.2. The molecule has 1 saturated heterocycles. The normalized spacial score (nSPS) is 26.6. The molecule has 6 nitrogen and oxygen atoms in total. The van der Waals surface area contributed by atoms with Crippen LogP contribution in [0.4, 0.5) is 10.5 Å². The van der Waals surface area contributed by atoms with Crippen LogP contribution >= 0.6 is 11.8 Å². The minimum absolute atomic E-state index is 0.0219. The van der Waals surface area contributed by atoms with Gasteiger partial charge in [-0.3, -0.25) is 9.69 Å². The molecule has 1 aliphatic carbocycles. The third-order valence-corrected chi connectivity index (χ3v) is 8.81. The van der Waals surface area contributed by atoms with Gasteiger partial charge in [-0.1, -0.05) is 36.4 Å². The maximum atomic E-state index is 13.8. The van der Waals surface area contributed by atoms with E-state index < -0.39 is 16.7 Å². The second-order valence-electron chi connectivity index (χ2n) is 10.8. The summed E-state index contributed by atoms with van der Waals surface area (Å²) >= 11 is 1.67. The minimum Gasteiger partial charge on any atom is -0.497 e. The Hall–Kier alpha value is -2.93. The Morgan fingerprint density at radius 3 is 2.53 bits per heavy atom. The molecule has 3 aliphatic rings. The van der Waals surface area contributed by atoms with Gasteiger partial charge in [0, 0.05) is 36.0 Å². The first-order valence-corrected chi connectivity index (χ1v) is 13.7. The lowest BCUT2D eigenvalue weighted by Crippen LogP contribution is -2.67. The molecule has 2 aromatic rings. The summed E-state index contributed by atoms with van der Waals surface area (Å²) in [7, 11) is 1.66. The molecule has 36 heavy (non-hydrogen) atoms. The van der Waals surface area contributed by atoms with Gasteiger partial charge in [0.15, 0.2) is 0 Å². The van der Waals surface area contributed by atoms with Crippen molar-refractivity contribution in [3.63, 3.8) is 0 Å². The van der Waals surface area contributed by atoms with Crippen LogP contribution in [-0.2, 0) is 21.5 Å². The van der Waals surface area contributed by atoms with Gasteiger partial charge in [-0.05, 0) is 62.8 Å². The molecule has 7 heteroatoms. The number of rotatable bonds is 5. The number of benzene rings is 2.